The maximum absolute atomic E-state index is 12.0. The van der Waals surface area contributed by atoms with Gasteiger partial charge in [0.1, 0.15) is 6.04 Å². The molecule has 0 aliphatic heterocycles. The van der Waals surface area contributed by atoms with E-state index in [1.165, 1.54) is 18.2 Å². The number of carbonyl (C=O) groups is 2. The Bertz CT molecular complexity index is 592. The number of nitro benzene ring substituents is 1. The summed E-state index contributed by atoms with van der Waals surface area (Å²) in [4.78, 5) is 33.3. The van der Waals surface area contributed by atoms with E-state index in [1.54, 1.807) is 0 Å². The molecule has 1 rings (SSSR count). The zero-order valence-electron chi connectivity index (χ0n) is 11.2. The van der Waals surface area contributed by atoms with Gasteiger partial charge in [0.15, 0.2) is 0 Å². The molecule has 0 aromatic heterocycles. The van der Waals surface area contributed by atoms with E-state index in [9.17, 15) is 19.7 Å². The van der Waals surface area contributed by atoms with Gasteiger partial charge in [-0.2, -0.15) is 0 Å². The topological polar surface area (TPSA) is 115 Å². The van der Waals surface area contributed by atoms with Gasteiger partial charge in [-0.15, -0.1) is 12.3 Å². The predicted octanol–water partition coefficient (Wildman–Crippen LogP) is 0.982. The Hall–Kier alpha value is -2.88. The van der Waals surface area contributed by atoms with Gasteiger partial charge in [0.25, 0.3) is 11.6 Å². The number of nitrogens with two attached hydrogens (primary N) is 1. The second kappa shape index (κ2) is 7.65. The molecule has 7 nitrogen and oxygen atoms in total. The van der Waals surface area contributed by atoms with Crippen LogP contribution >= 0.6 is 0 Å². The first kappa shape index (κ1) is 16.2. The van der Waals surface area contributed by atoms with Crippen molar-refractivity contribution < 1.29 is 14.5 Å². The van der Waals surface area contributed by atoms with E-state index in [1.807, 2.05) is 0 Å². The van der Waals surface area contributed by atoms with Crippen molar-refractivity contribution >= 4 is 17.5 Å². The molecule has 0 spiro atoms. The normalized spacial score (nSPS) is 11.2. The first-order chi connectivity index (χ1) is 9.95. The Morgan fingerprint density at radius 2 is 2.19 bits per heavy atom. The summed E-state index contributed by atoms with van der Waals surface area (Å²) in [6.07, 6.45) is 6.44. The van der Waals surface area contributed by atoms with Crippen LogP contribution in [0.3, 0.4) is 0 Å². The van der Waals surface area contributed by atoms with E-state index in [-0.39, 0.29) is 11.3 Å². The Labute approximate surface area is 121 Å². The Morgan fingerprint density at radius 1 is 1.48 bits per heavy atom. The summed E-state index contributed by atoms with van der Waals surface area (Å²) in [6.45, 7) is 0. The van der Waals surface area contributed by atoms with E-state index >= 15 is 0 Å². The minimum Gasteiger partial charge on any atom is -0.368 e. The van der Waals surface area contributed by atoms with Crippen LogP contribution in [0.4, 0.5) is 5.69 Å². The molecule has 3 N–H and O–H groups in total. The lowest BCUT2D eigenvalue weighted by Crippen LogP contribution is -2.44. The number of benzene rings is 1. The number of nitrogens with zero attached hydrogens (tertiary/aromatic N) is 1. The molecule has 1 atom stereocenters. The summed E-state index contributed by atoms with van der Waals surface area (Å²) in [6, 6.07) is 4.36. The molecule has 1 aromatic carbocycles. The van der Waals surface area contributed by atoms with Gasteiger partial charge < -0.3 is 11.1 Å². The molecule has 2 amide bonds. The summed E-state index contributed by atoms with van der Waals surface area (Å²) in [5.74, 6) is 1.16. The number of amides is 2. The second-order valence-corrected chi connectivity index (χ2v) is 4.33. The molecule has 0 aliphatic carbocycles. The average Bonchev–Trinajstić information content (AvgIpc) is 2.46. The number of rotatable bonds is 7. The van der Waals surface area contributed by atoms with Crippen molar-refractivity contribution in [2.45, 2.75) is 25.3 Å². The third-order valence-electron chi connectivity index (χ3n) is 2.78. The molecular weight excluding hydrogens is 274 g/mol. The molecule has 0 radical (unpaired) electrons. The molecule has 0 saturated heterocycles. The molecule has 0 heterocycles. The standard InChI is InChI=1S/C14H15N3O4/c1-2-3-4-8-12(13(15)18)16-14(19)10-6-5-7-11(9-10)17(20)21/h1,5-7,9,12H,3-4,8H2,(H2,15,18)(H,16,19)/t12-/m1/s1. The van der Waals surface area contributed by atoms with E-state index in [4.69, 9.17) is 12.2 Å². The van der Waals surface area contributed by atoms with Crippen molar-refractivity contribution in [1.82, 2.24) is 5.32 Å². The van der Waals surface area contributed by atoms with Gasteiger partial charge in [-0.1, -0.05) is 6.07 Å². The summed E-state index contributed by atoms with van der Waals surface area (Å²) >= 11 is 0. The maximum atomic E-state index is 12.0. The molecule has 0 aliphatic rings. The number of hydrogen-bond acceptors (Lipinski definition) is 4. The van der Waals surface area contributed by atoms with E-state index < -0.39 is 22.8 Å². The largest absolute Gasteiger partial charge is 0.368 e. The van der Waals surface area contributed by atoms with E-state index in [0.29, 0.717) is 19.3 Å². The van der Waals surface area contributed by atoms with Gasteiger partial charge in [-0.05, 0) is 18.9 Å². The van der Waals surface area contributed by atoms with Gasteiger partial charge in [0.05, 0.1) is 4.92 Å². The lowest BCUT2D eigenvalue weighted by Gasteiger charge is -2.14. The third-order valence-corrected chi connectivity index (χ3v) is 2.78. The van der Waals surface area contributed by atoms with Crippen molar-refractivity contribution in [3.63, 3.8) is 0 Å². The Balaban J connectivity index is 2.77. The number of terminal acetylenes is 1. The molecule has 7 heteroatoms. The third kappa shape index (κ3) is 4.95. The monoisotopic (exact) mass is 289 g/mol. The van der Waals surface area contributed by atoms with Crippen LogP contribution in [-0.4, -0.2) is 22.8 Å². The zero-order chi connectivity index (χ0) is 15.8. The minimum atomic E-state index is -0.856. The van der Waals surface area contributed by atoms with Crippen LogP contribution in [0.1, 0.15) is 29.6 Å². The van der Waals surface area contributed by atoms with Crippen molar-refractivity contribution in [3.8, 4) is 12.3 Å². The van der Waals surface area contributed by atoms with Crippen molar-refractivity contribution in [3.05, 3.63) is 39.9 Å². The SMILES string of the molecule is C#CCCC[C@@H](NC(=O)c1cccc([N+](=O)[O-])c1)C(N)=O. The first-order valence-electron chi connectivity index (χ1n) is 6.23. The Morgan fingerprint density at radius 3 is 2.76 bits per heavy atom. The summed E-state index contributed by atoms with van der Waals surface area (Å²) < 4.78 is 0. The van der Waals surface area contributed by atoms with Crippen molar-refractivity contribution in [2.24, 2.45) is 5.73 Å². The van der Waals surface area contributed by atoms with Gasteiger partial charge in [-0.25, -0.2) is 0 Å². The van der Waals surface area contributed by atoms with Crippen LogP contribution in [-0.2, 0) is 4.79 Å². The highest BCUT2D eigenvalue weighted by Crippen LogP contribution is 2.13. The van der Waals surface area contributed by atoms with Crippen molar-refractivity contribution in [1.29, 1.82) is 0 Å². The second-order valence-electron chi connectivity index (χ2n) is 4.33. The predicted molar refractivity (Wildman–Crippen MR) is 76.2 cm³/mol. The molecule has 0 unspecified atom stereocenters. The lowest BCUT2D eigenvalue weighted by molar-refractivity contribution is -0.384. The van der Waals surface area contributed by atoms with Crippen LogP contribution in [0, 0.1) is 22.5 Å². The molecule has 0 fully saturated rings. The van der Waals surface area contributed by atoms with E-state index in [2.05, 4.69) is 11.2 Å². The summed E-state index contributed by atoms with van der Waals surface area (Å²) in [5.41, 5.74) is 5.10. The molecule has 1 aromatic rings. The fourth-order valence-corrected chi connectivity index (χ4v) is 1.70. The molecule has 0 bridgehead atoms. The minimum absolute atomic E-state index is 0.0902. The molecular formula is C14H15N3O4. The molecule has 110 valence electrons. The first-order valence-corrected chi connectivity index (χ1v) is 6.23. The molecule has 0 saturated carbocycles. The van der Waals surface area contributed by atoms with E-state index in [0.717, 1.165) is 6.07 Å². The van der Waals surface area contributed by atoms with Crippen LogP contribution in [0.15, 0.2) is 24.3 Å². The zero-order valence-corrected chi connectivity index (χ0v) is 11.2. The summed E-state index contributed by atoms with van der Waals surface area (Å²) in [7, 11) is 0. The number of carbonyl (C=O) groups excluding carboxylic acids is 2. The highest BCUT2D eigenvalue weighted by Gasteiger charge is 2.19. The van der Waals surface area contributed by atoms with Crippen LogP contribution < -0.4 is 11.1 Å². The molecule has 21 heavy (non-hydrogen) atoms. The van der Waals surface area contributed by atoms with Crippen LogP contribution in [0.5, 0.6) is 0 Å². The fourth-order valence-electron chi connectivity index (χ4n) is 1.70. The lowest BCUT2D eigenvalue weighted by atomic mass is 10.1. The average molecular weight is 289 g/mol. The number of primary amides is 1. The van der Waals surface area contributed by atoms with Gasteiger partial charge in [0, 0.05) is 24.1 Å². The highest BCUT2D eigenvalue weighted by molar-refractivity contribution is 5.97. The fraction of sp³-hybridized carbons (Fsp3) is 0.286. The number of nitrogens with one attached hydrogen (secondary N) is 1. The number of non-ortho nitro benzene ring substituents is 1. The maximum Gasteiger partial charge on any atom is 0.270 e. The number of unbranched alkanes of at least 4 members (excludes halogenated alkanes) is 1. The smallest absolute Gasteiger partial charge is 0.270 e. The Kier molecular flexibility index (Phi) is 5.89. The van der Waals surface area contributed by atoms with Crippen molar-refractivity contribution in [2.75, 3.05) is 0 Å². The van der Waals surface area contributed by atoms with Crippen LogP contribution in [0.2, 0.25) is 0 Å². The number of nitro groups is 1. The van der Waals surface area contributed by atoms with Crippen LogP contribution in [0.25, 0.3) is 0 Å². The number of hydrogen-bond donors (Lipinski definition) is 2. The highest BCUT2D eigenvalue weighted by atomic mass is 16.6. The van der Waals surface area contributed by atoms with Gasteiger partial charge in [-0.3, -0.25) is 19.7 Å². The van der Waals surface area contributed by atoms with Gasteiger partial charge in [0.2, 0.25) is 5.91 Å². The quantitative estimate of drug-likeness (QED) is 0.337. The summed E-state index contributed by atoms with van der Waals surface area (Å²) in [5, 5.41) is 13.1. The van der Waals surface area contributed by atoms with Gasteiger partial charge >= 0.3 is 0 Å².